The molecule has 9 rings (SSSR count). The van der Waals surface area contributed by atoms with E-state index in [4.69, 9.17) is 0 Å². The summed E-state index contributed by atoms with van der Waals surface area (Å²) < 4.78 is 2.53. The van der Waals surface area contributed by atoms with Crippen LogP contribution >= 0.6 is 0 Å². The fourth-order valence-corrected chi connectivity index (χ4v) is 7.05. The van der Waals surface area contributed by atoms with Crippen molar-refractivity contribution in [2.45, 2.75) is 19.3 Å². The fraction of sp³-hybridized carbons (Fsp3) is 0.0909. The minimum Gasteiger partial charge on any atom is -0.309 e. The van der Waals surface area contributed by atoms with Gasteiger partial charge in [-0.25, -0.2) is 0 Å². The number of hydrogen-bond donors (Lipinski definition) is 0. The van der Waals surface area contributed by atoms with Gasteiger partial charge in [-0.1, -0.05) is 60.7 Å². The molecule has 0 radical (unpaired) electrons. The Hall–Kier alpha value is -4.10. The van der Waals surface area contributed by atoms with Crippen LogP contribution < -0.4 is 0 Å². The van der Waals surface area contributed by atoms with E-state index in [0.29, 0.717) is 0 Å². The van der Waals surface area contributed by atoms with E-state index in [1.165, 1.54) is 83.1 Å². The second-order valence-corrected chi connectivity index (χ2v) is 10.1. The van der Waals surface area contributed by atoms with Crippen molar-refractivity contribution in [3.05, 3.63) is 124 Å². The number of aromatic nitrogens is 1. The Balaban J connectivity index is 1.39. The van der Waals surface area contributed by atoms with Crippen LogP contribution in [0.4, 0.5) is 0 Å². The Morgan fingerprint density at radius 1 is 0.500 bits per heavy atom. The second kappa shape index (κ2) is 5.87. The van der Waals surface area contributed by atoms with E-state index in [9.17, 15) is 0 Å². The molecule has 0 amide bonds. The lowest BCUT2D eigenvalue weighted by atomic mass is 9.89. The number of fused-ring (bicyclic) bond motifs is 12. The molecular weight excluding hydrogens is 410 g/mol. The Bertz CT molecular complexity index is 1880. The summed E-state index contributed by atoms with van der Waals surface area (Å²) in [6.07, 6.45) is 3.09. The van der Waals surface area contributed by atoms with Gasteiger partial charge in [0, 0.05) is 22.9 Å². The van der Waals surface area contributed by atoms with Crippen molar-refractivity contribution in [2.75, 3.05) is 0 Å². The standard InChI is InChI=1S/C33H21N/c1-3-9-24-19(7-1)13-21-17-27-22(16-26(21)24)14-23-18-28-25-10-4-6-12-31(25)34-30-11-5-2-8-20(30)15-29(32(23)27)33(28)34/h1-12,16-18H,13-15H2. The molecule has 34 heavy (non-hydrogen) atoms. The molecular formula is C33H21N. The molecule has 0 N–H and O–H groups in total. The van der Waals surface area contributed by atoms with Gasteiger partial charge in [0.25, 0.3) is 0 Å². The largest absolute Gasteiger partial charge is 0.309 e. The molecule has 2 heterocycles. The second-order valence-electron chi connectivity index (χ2n) is 10.1. The highest BCUT2D eigenvalue weighted by molar-refractivity contribution is 6.13. The van der Waals surface area contributed by atoms with Crippen LogP contribution in [0.2, 0.25) is 0 Å². The summed E-state index contributed by atoms with van der Waals surface area (Å²) in [6, 6.07) is 34.3. The van der Waals surface area contributed by atoms with E-state index in [-0.39, 0.29) is 0 Å². The van der Waals surface area contributed by atoms with Crippen LogP contribution in [0.15, 0.2) is 91.0 Å². The molecule has 0 fully saturated rings. The first-order chi connectivity index (χ1) is 16.8. The summed E-state index contributed by atoms with van der Waals surface area (Å²) in [5.41, 5.74) is 18.8. The fourth-order valence-electron chi connectivity index (χ4n) is 7.05. The van der Waals surface area contributed by atoms with E-state index in [1.54, 1.807) is 0 Å². The zero-order valence-electron chi connectivity index (χ0n) is 18.7. The zero-order chi connectivity index (χ0) is 22.0. The first kappa shape index (κ1) is 17.4. The van der Waals surface area contributed by atoms with E-state index < -0.39 is 0 Å². The average molecular weight is 432 g/mol. The first-order valence-corrected chi connectivity index (χ1v) is 12.3. The molecule has 6 aromatic rings. The van der Waals surface area contributed by atoms with Gasteiger partial charge in [0.05, 0.1) is 11.0 Å². The lowest BCUT2D eigenvalue weighted by molar-refractivity contribution is 1.04. The maximum atomic E-state index is 2.53. The monoisotopic (exact) mass is 431 g/mol. The molecule has 0 saturated heterocycles. The van der Waals surface area contributed by atoms with Crippen LogP contribution in [0.3, 0.4) is 0 Å². The van der Waals surface area contributed by atoms with Gasteiger partial charge in [0.1, 0.15) is 0 Å². The molecule has 0 atom stereocenters. The molecule has 1 aromatic heterocycles. The molecule has 1 heteroatoms. The minimum absolute atomic E-state index is 1.00. The third-order valence-corrected chi connectivity index (χ3v) is 8.41. The molecule has 3 aliphatic rings. The summed E-state index contributed by atoms with van der Waals surface area (Å²) in [7, 11) is 0. The maximum Gasteiger partial charge on any atom is 0.0582 e. The highest BCUT2D eigenvalue weighted by Gasteiger charge is 2.31. The van der Waals surface area contributed by atoms with Crippen molar-refractivity contribution in [1.82, 2.24) is 4.57 Å². The minimum atomic E-state index is 1.00. The molecule has 0 saturated carbocycles. The summed E-state index contributed by atoms with van der Waals surface area (Å²) in [5, 5.41) is 2.77. The van der Waals surface area contributed by atoms with Crippen molar-refractivity contribution in [1.29, 1.82) is 0 Å². The third-order valence-electron chi connectivity index (χ3n) is 8.41. The van der Waals surface area contributed by atoms with Crippen LogP contribution in [-0.4, -0.2) is 4.57 Å². The predicted octanol–water partition coefficient (Wildman–Crippen LogP) is 7.83. The van der Waals surface area contributed by atoms with E-state index in [2.05, 4.69) is 95.6 Å². The van der Waals surface area contributed by atoms with Gasteiger partial charge in [-0.3, -0.25) is 0 Å². The van der Waals surface area contributed by atoms with Gasteiger partial charge < -0.3 is 4.57 Å². The summed E-state index contributed by atoms with van der Waals surface area (Å²) in [6.45, 7) is 0. The molecule has 5 aromatic carbocycles. The molecule has 0 spiro atoms. The lowest BCUT2D eigenvalue weighted by Gasteiger charge is -2.23. The quantitative estimate of drug-likeness (QED) is 0.231. The van der Waals surface area contributed by atoms with Crippen LogP contribution in [0.5, 0.6) is 0 Å². The highest BCUT2D eigenvalue weighted by Crippen LogP contribution is 2.50. The molecule has 0 unspecified atom stereocenters. The molecule has 0 bridgehead atoms. The molecule has 1 nitrogen and oxygen atoms in total. The van der Waals surface area contributed by atoms with Crippen molar-refractivity contribution in [3.8, 4) is 27.9 Å². The smallest absolute Gasteiger partial charge is 0.0582 e. The normalized spacial score (nSPS) is 14.1. The van der Waals surface area contributed by atoms with Crippen molar-refractivity contribution in [3.63, 3.8) is 0 Å². The summed E-state index contributed by atoms with van der Waals surface area (Å²) in [5.74, 6) is 0. The van der Waals surface area contributed by atoms with Crippen LogP contribution in [0.1, 0.15) is 33.4 Å². The topological polar surface area (TPSA) is 4.93 Å². The third kappa shape index (κ3) is 1.98. The Labute approximate surface area is 197 Å². The Kier molecular flexibility index (Phi) is 3.00. The maximum absolute atomic E-state index is 2.53. The Morgan fingerprint density at radius 2 is 1.24 bits per heavy atom. The number of hydrogen-bond acceptors (Lipinski definition) is 0. The van der Waals surface area contributed by atoms with Crippen LogP contribution in [0, 0.1) is 0 Å². The van der Waals surface area contributed by atoms with Crippen molar-refractivity contribution >= 4 is 21.8 Å². The van der Waals surface area contributed by atoms with Gasteiger partial charge in [-0.2, -0.15) is 0 Å². The summed E-state index contributed by atoms with van der Waals surface area (Å²) in [4.78, 5) is 0. The SMILES string of the molecule is c1ccc2c(c1)Cc1cc3c(cc1-2)Cc1cc2c4ccccc4n4c2c(c1-3)Cc1ccccc1-4. The zero-order valence-corrected chi connectivity index (χ0v) is 18.7. The Morgan fingerprint density at radius 3 is 2.21 bits per heavy atom. The number of benzene rings is 5. The molecule has 2 aliphatic carbocycles. The van der Waals surface area contributed by atoms with Gasteiger partial charge in [-0.15, -0.1) is 0 Å². The number of nitrogens with zero attached hydrogens (tertiary/aromatic N) is 1. The van der Waals surface area contributed by atoms with Gasteiger partial charge in [0.2, 0.25) is 0 Å². The predicted molar refractivity (Wildman–Crippen MR) is 140 cm³/mol. The van der Waals surface area contributed by atoms with Crippen LogP contribution in [0.25, 0.3) is 49.7 Å². The van der Waals surface area contributed by atoms with Gasteiger partial charge in [0.15, 0.2) is 0 Å². The number of para-hydroxylation sites is 2. The van der Waals surface area contributed by atoms with E-state index in [1.807, 2.05) is 0 Å². The average Bonchev–Trinajstić information content (AvgIpc) is 3.53. The number of rotatable bonds is 0. The van der Waals surface area contributed by atoms with Crippen LogP contribution in [-0.2, 0) is 19.3 Å². The van der Waals surface area contributed by atoms with Gasteiger partial charge in [-0.05, 0) is 98.8 Å². The first-order valence-electron chi connectivity index (χ1n) is 12.3. The van der Waals surface area contributed by atoms with E-state index in [0.717, 1.165) is 19.3 Å². The van der Waals surface area contributed by atoms with Crippen molar-refractivity contribution < 1.29 is 0 Å². The van der Waals surface area contributed by atoms with Gasteiger partial charge >= 0.3 is 0 Å². The molecule has 158 valence electrons. The molecule has 1 aliphatic heterocycles. The van der Waals surface area contributed by atoms with Crippen molar-refractivity contribution in [2.24, 2.45) is 0 Å². The summed E-state index contributed by atoms with van der Waals surface area (Å²) >= 11 is 0. The van der Waals surface area contributed by atoms with E-state index >= 15 is 0 Å². The lowest BCUT2D eigenvalue weighted by Crippen LogP contribution is -2.09. The highest BCUT2D eigenvalue weighted by atomic mass is 15.0.